The molecule has 1 saturated heterocycles. The van der Waals surface area contributed by atoms with E-state index in [0.29, 0.717) is 42.6 Å². The summed E-state index contributed by atoms with van der Waals surface area (Å²) in [4.78, 5) is 51.1. The number of benzene rings is 1. The molecule has 1 fully saturated rings. The van der Waals surface area contributed by atoms with Crippen LogP contribution >= 0.6 is 0 Å². The van der Waals surface area contributed by atoms with Crippen LogP contribution in [-0.2, 0) is 37.3 Å². The van der Waals surface area contributed by atoms with Gasteiger partial charge in [-0.15, -0.1) is 0 Å². The van der Waals surface area contributed by atoms with E-state index in [2.05, 4.69) is 20.6 Å². The molecule has 3 amide bonds. The van der Waals surface area contributed by atoms with Crippen LogP contribution in [0.2, 0.25) is 0 Å². The summed E-state index contributed by atoms with van der Waals surface area (Å²) < 4.78 is 55.7. The van der Waals surface area contributed by atoms with E-state index in [4.69, 9.17) is 9.47 Å². The molecule has 3 aromatic rings. The largest absolute Gasteiger partial charge is 0.377 e. The van der Waals surface area contributed by atoms with E-state index in [1.54, 1.807) is 19.2 Å². The molecule has 1 aromatic carbocycles. The summed E-state index contributed by atoms with van der Waals surface area (Å²) >= 11 is 0. The van der Waals surface area contributed by atoms with Crippen molar-refractivity contribution in [1.29, 1.82) is 0 Å². The fourth-order valence-corrected chi connectivity index (χ4v) is 7.19. The van der Waals surface area contributed by atoms with Crippen molar-refractivity contribution in [2.45, 2.75) is 49.6 Å². The molecule has 10 nitrogen and oxygen atoms in total. The van der Waals surface area contributed by atoms with E-state index in [1.165, 1.54) is 11.1 Å². The van der Waals surface area contributed by atoms with Crippen LogP contribution in [0.5, 0.6) is 0 Å². The van der Waals surface area contributed by atoms with Crippen molar-refractivity contribution in [2.24, 2.45) is 0 Å². The van der Waals surface area contributed by atoms with Crippen molar-refractivity contribution in [1.82, 2.24) is 20.2 Å². The van der Waals surface area contributed by atoms with Crippen molar-refractivity contribution in [3.63, 3.8) is 0 Å². The molecule has 1 aliphatic carbocycles. The number of nitrogens with one attached hydrogen (secondary N) is 2. The molecule has 47 heavy (non-hydrogen) atoms. The molecule has 7 rings (SSSR count). The van der Waals surface area contributed by atoms with Gasteiger partial charge in [-0.3, -0.25) is 19.4 Å². The Morgan fingerprint density at radius 3 is 2.64 bits per heavy atom. The van der Waals surface area contributed by atoms with Crippen LogP contribution in [0.25, 0.3) is 6.08 Å². The Morgan fingerprint density at radius 2 is 1.79 bits per heavy atom. The van der Waals surface area contributed by atoms with Gasteiger partial charge in [0.05, 0.1) is 37.4 Å². The van der Waals surface area contributed by atoms with Gasteiger partial charge in [-0.1, -0.05) is 12.2 Å². The number of ether oxygens (including phenoxy) is 2. The highest BCUT2D eigenvalue weighted by atomic mass is 19.2. The van der Waals surface area contributed by atoms with Gasteiger partial charge < -0.3 is 25.0 Å². The van der Waals surface area contributed by atoms with E-state index in [0.717, 1.165) is 17.2 Å². The lowest BCUT2D eigenvalue weighted by Crippen LogP contribution is -2.58. The standard InChI is InChI=1S/C34H32F3N5O5/c1-18-22(28-24(35)4-5-25(36)29(28)37)13-26-32(44)42(18)6-8-47-10-9-46-7-2-3-19-11-23-30(39-16-19)41-33(45)34(23)14-20-12-21(31(43)40-26)17-38-27(20)15-34/h2-5,11-12,16-18,22,26H,6-10,13-15H2,1H3,(H,40,43)(H,39,41,45)/b3-2+/t18?,22?,26?,34-/m0/s1. The summed E-state index contributed by atoms with van der Waals surface area (Å²) in [5, 5.41) is 5.62. The molecule has 244 valence electrons. The molecule has 1 spiro atoms. The Kier molecular flexibility index (Phi) is 8.04. The first kappa shape index (κ1) is 31.0. The third kappa shape index (κ3) is 5.46. The zero-order valence-corrected chi connectivity index (χ0v) is 25.5. The minimum atomic E-state index is -1.33. The Labute approximate surface area is 268 Å². The number of aromatic nitrogens is 2. The molecule has 0 radical (unpaired) electrons. The molecule has 4 atom stereocenters. The van der Waals surface area contributed by atoms with Crippen molar-refractivity contribution in [3.05, 3.63) is 93.7 Å². The lowest BCUT2D eigenvalue weighted by molar-refractivity contribution is -0.140. The third-order valence-corrected chi connectivity index (χ3v) is 9.65. The summed E-state index contributed by atoms with van der Waals surface area (Å²) in [6.45, 7) is 2.60. The molecule has 2 N–H and O–H groups in total. The number of halogens is 3. The fraction of sp³-hybridized carbons (Fsp3) is 0.382. The average Bonchev–Trinajstić information content (AvgIpc) is 3.57. The number of rotatable bonds is 1. The molecule has 7 bridgehead atoms. The fourth-order valence-electron chi connectivity index (χ4n) is 7.19. The van der Waals surface area contributed by atoms with Gasteiger partial charge in [-0.05, 0) is 55.2 Å². The quantitative estimate of drug-likeness (QED) is 0.388. The number of fused-ring (bicyclic) bond motifs is 4. The van der Waals surface area contributed by atoms with Gasteiger partial charge in [0.15, 0.2) is 11.6 Å². The first-order valence-corrected chi connectivity index (χ1v) is 15.5. The van der Waals surface area contributed by atoms with Crippen LogP contribution in [0.15, 0.2) is 42.7 Å². The maximum Gasteiger partial charge on any atom is 0.253 e. The van der Waals surface area contributed by atoms with E-state index in [9.17, 15) is 18.8 Å². The van der Waals surface area contributed by atoms with Gasteiger partial charge in [0.25, 0.3) is 5.91 Å². The number of hydrogen-bond acceptors (Lipinski definition) is 7. The second kappa shape index (κ2) is 12.2. The summed E-state index contributed by atoms with van der Waals surface area (Å²) in [6, 6.07) is 3.25. The van der Waals surface area contributed by atoms with Gasteiger partial charge in [0.2, 0.25) is 11.8 Å². The lowest BCUT2D eigenvalue weighted by atomic mass is 9.79. The molecular formula is C34H32F3N5O5. The molecule has 13 heteroatoms. The van der Waals surface area contributed by atoms with Crippen molar-refractivity contribution in [3.8, 4) is 0 Å². The van der Waals surface area contributed by atoms with Gasteiger partial charge in [-0.25, -0.2) is 18.2 Å². The molecule has 3 aliphatic heterocycles. The number of carbonyl (C=O) groups excluding carboxylic acids is 3. The first-order valence-electron chi connectivity index (χ1n) is 15.5. The van der Waals surface area contributed by atoms with Crippen molar-refractivity contribution < 1.29 is 37.0 Å². The Balaban J connectivity index is 1.22. The summed E-state index contributed by atoms with van der Waals surface area (Å²) in [7, 11) is 0. The van der Waals surface area contributed by atoms with Gasteiger partial charge in [0, 0.05) is 54.1 Å². The number of pyridine rings is 2. The predicted octanol–water partition coefficient (Wildman–Crippen LogP) is 3.45. The predicted molar refractivity (Wildman–Crippen MR) is 163 cm³/mol. The maximum atomic E-state index is 15.0. The van der Waals surface area contributed by atoms with Crippen molar-refractivity contribution in [2.75, 3.05) is 38.3 Å². The highest BCUT2D eigenvalue weighted by molar-refractivity contribution is 6.06. The zero-order valence-electron chi connectivity index (χ0n) is 25.5. The van der Waals surface area contributed by atoms with Crippen molar-refractivity contribution >= 4 is 29.6 Å². The normalized spacial score (nSPS) is 26.8. The van der Waals surface area contributed by atoms with Crippen LogP contribution in [-0.4, -0.2) is 77.6 Å². The molecule has 5 heterocycles. The monoisotopic (exact) mass is 647 g/mol. The van der Waals surface area contributed by atoms with E-state index in [-0.39, 0.29) is 44.3 Å². The Morgan fingerprint density at radius 1 is 0.979 bits per heavy atom. The highest BCUT2D eigenvalue weighted by Crippen LogP contribution is 2.46. The van der Waals surface area contributed by atoms with Gasteiger partial charge in [0.1, 0.15) is 17.7 Å². The van der Waals surface area contributed by atoms with Gasteiger partial charge in [-0.2, -0.15) is 0 Å². The average molecular weight is 648 g/mol. The molecular weight excluding hydrogens is 615 g/mol. The van der Waals surface area contributed by atoms with Crippen LogP contribution in [0.3, 0.4) is 0 Å². The minimum absolute atomic E-state index is 0.0667. The van der Waals surface area contributed by atoms with Crippen LogP contribution in [0.1, 0.15) is 57.6 Å². The van der Waals surface area contributed by atoms with E-state index >= 15 is 8.78 Å². The van der Waals surface area contributed by atoms with Crippen LogP contribution in [0.4, 0.5) is 19.0 Å². The Hall–Kier alpha value is -4.62. The summed E-state index contributed by atoms with van der Waals surface area (Å²) in [6.07, 6.45) is 7.22. The molecule has 4 aliphatic rings. The number of nitrogens with zero attached hydrogens (tertiary/aromatic N) is 3. The minimum Gasteiger partial charge on any atom is -0.377 e. The van der Waals surface area contributed by atoms with Gasteiger partial charge >= 0.3 is 0 Å². The Bertz CT molecular complexity index is 1820. The topological polar surface area (TPSA) is 123 Å². The summed E-state index contributed by atoms with van der Waals surface area (Å²) in [5.41, 5.74) is 1.68. The number of carbonyl (C=O) groups is 3. The smallest absolute Gasteiger partial charge is 0.253 e. The third-order valence-electron chi connectivity index (χ3n) is 9.65. The maximum absolute atomic E-state index is 15.0. The zero-order chi connectivity index (χ0) is 32.9. The van der Waals surface area contributed by atoms with Crippen LogP contribution < -0.4 is 10.6 Å². The SMILES string of the molecule is CC1C(c2c(F)ccc(F)c2F)CC2NC(=O)c3cnc4c(c3)C[C@@]3(C4)C(=O)Nc4ncc(cc43)/C=C/COCCOCCN1C2=O. The van der Waals surface area contributed by atoms with E-state index < -0.39 is 58.2 Å². The van der Waals surface area contributed by atoms with Crippen LogP contribution in [0, 0.1) is 17.5 Å². The first-order chi connectivity index (χ1) is 22.7. The molecule has 0 saturated carbocycles. The number of piperidine rings is 1. The number of hydrogen-bond donors (Lipinski definition) is 2. The highest BCUT2D eigenvalue weighted by Gasteiger charge is 2.52. The molecule has 3 unspecified atom stereocenters. The van der Waals surface area contributed by atoms with E-state index in [1.807, 2.05) is 18.2 Å². The number of amides is 3. The molecule has 2 aromatic heterocycles. The number of anilines is 1. The lowest BCUT2D eigenvalue weighted by Gasteiger charge is -2.43. The summed E-state index contributed by atoms with van der Waals surface area (Å²) in [5.74, 6) is -5.23. The second-order valence-electron chi connectivity index (χ2n) is 12.4. The second-order valence-corrected chi connectivity index (χ2v) is 12.4.